The second-order valence-corrected chi connectivity index (χ2v) is 7.25. The summed E-state index contributed by atoms with van der Waals surface area (Å²) in [5.41, 5.74) is 4.37. The summed E-state index contributed by atoms with van der Waals surface area (Å²) in [4.78, 5) is 6.57. The lowest BCUT2D eigenvalue weighted by Crippen LogP contribution is -2.36. The summed E-state index contributed by atoms with van der Waals surface area (Å²) in [6, 6.07) is 5.14. The summed E-state index contributed by atoms with van der Waals surface area (Å²) < 4.78 is 28.7. The Morgan fingerprint density at radius 3 is 2.77 bits per heavy atom. The molecule has 0 unspecified atom stereocenters. The topological polar surface area (TPSA) is 93.7 Å². The van der Waals surface area contributed by atoms with Crippen LogP contribution in [-0.4, -0.2) is 27.6 Å². The molecule has 3 aromatic rings. The van der Waals surface area contributed by atoms with Gasteiger partial charge in [0.1, 0.15) is 18.0 Å². The summed E-state index contributed by atoms with van der Waals surface area (Å²) in [6.45, 7) is 5.00. The molecule has 0 saturated carbocycles. The second-order valence-electron chi connectivity index (χ2n) is 7.25. The van der Waals surface area contributed by atoms with Gasteiger partial charge in [0.15, 0.2) is 11.3 Å². The Balaban J connectivity index is 0.00000272. The van der Waals surface area contributed by atoms with Crippen LogP contribution in [0.2, 0.25) is 0 Å². The van der Waals surface area contributed by atoms with Crippen LogP contribution in [0.3, 0.4) is 0 Å². The summed E-state index contributed by atoms with van der Waals surface area (Å²) >= 11 is 0. The van der Waals surface area contributed by atoms with Crippen LogP contribution < -0.4 is 15.7 Å². The Kier molecular flexibility index (Phi) is 5.03. The van der Waals surface area contributed by atoms with Crippen LogP contribution in [0.25, 0.3) is 0 Å². The number of rotatable bonds is 4. The van der Waals surface area contributed by atoms with E-state index in [0.29, 0.717) is 31.0 Å². The molecule has 3 heterocycles. The van der Waals surface area contributed by atoms with Crippen LogP contribution in [0.5, 0.6) is 0 Å². The van der Waals surface area contributed by atoms with Crippen molar-refractivity contribution in [2.24, 2.45) is 0 Å². The first-order chi connectivity index (χ1) is 14.4. The predicted molar refractivity (Wildman–Crippen MR) is 112 cm³/mol. The van der Waals surface area contributed by atoms with Gasteiger partial charge < -0.3 is 10.2 Å². The fraction of sp³-hybridized carbons (Fsp3) is 0.238. The molecule has 1 aliphatic heterocycles. The van der Waals surface area contributed by atoms with Gasteiger partial charge in [-0.1, -0.05) is 0 Å². The molecule has 0 fully saturated rings. The third-order valence-electron chi connectivity index (χ3n) is 5.35. The monoisotopic (exact) mass is 411 g/mol. The lowest BCUT2D eigenvalue weighted by Gasteiger charge is -2.31. The van der Waals surface area contributed by atoms with Crippen LogP contribution in [0.15, 0.2) is 30.5 Å². The first-order valence-corrected chi connectivity index (χ1v) is 9.47. The zero-order chi connectivity index (χ0) is 21.4. The summed E-state index contributed by atoms with van der Waals surface area (Å²) in [6.07, 6.45) is 3.34. The largest absolute Gasteiger partial charge is 0.352 e. The van der Waals surface area contributed by atoms with Gasteiger partial charge in [-0.3, -0.25) is 15.8 Å². The smallest absolute Gasteiger partial charge is 0.153 e. The number of aromatic nitrogens is 3. The fourth-order valence-electron chi connectivity index (χ4n) is 3.56. The Morgan fingerprint density at radius 1 is 1.20 bits per heavy atom. The van der Waals surface area contributed by atoms with Gasteiger partial charge in [-0.15, -0.1) is 5.10 Å². The Bertz CT molecular complexity index is 1210. The van der Waals surface area contributed by atoms with E-state index in [1.807, 2.05) is 19.9 Å². The molecule has 0 bridgehead atoms. The number of anilines is 3. The Morgan fingerprint density at radius 2 is 2.00 bits per heavy atom. The number of nitrogens with zero attached hydrogens (tertiary/aromatic N) is 4. The second kappa shape index (κ2) is 7.66. The number of hydrogen-bond acceptors (Lipinski definition) is 6. The van der Waals surface area contributed by atoms with Gasteiger partial charge in [-0.25, -0.2) is 13.5 Å². The van der Waals surface area contributed by atoms with E-state index < -0.39 is 11.6 Å². The number of nitrogens with one attached hydrogen (secondary N) is 3. The van der Waals surface area contributed by atoms with Crippen molar-refractivity contribution < 1.29 is 10.2 Å². The minimum atomic E-state index is -0.544. The van der Waals surface area contributed by atoms with Gasteiger partial charge in [-0.05, 0) is 43.2 Å². The Hall–Kier alpha value is -3.62. The normalized spacial score (nSPS) is 13.1. The van der Waals surface area contributed by atoms with Gasteiger partial charge in [0.2, 0.25) is 0 Å². The van der Waals surface area contributed by atoms with Crippen LogP contribution in [0, 0.1) is 36.3 Å². The molecular weight excluding hydrogens is 388 g/mol. The molecule has 0 atom stereocenters. The van der Waals surface area contributed by atoms with Crippen molar-refractivity contribution >= 4 is 23.5 Å². The summed E-state index contributed by atoms with van der Waals surface area (Å²) in [5, 5.41) is 22.9. The first kappa shape index (κ1) is 19.7. The maximum atomic E-state index is 14.0. The highest BCUT2D eigenvalue weighted by molar-refractivity contribution is 5.62. The molecule has 7 nitrogen and oxygen atoms in total. The zero-order valence-electron chi connectivity index (χ0n) is 16.6. The molecular formula is C21H23F2N7. The molecule has 3 N–H and O–H groups in total. The van der Waals surface area contributed by atoms with Crippen LogP contribution >= 0.6 is 0 Å². The van der Waals surface area contributed by atoms with Gasteiger partial charge in [0, 0.05) is 38.3 Å². The number of fused-ring (bicyclic) bond motifs is 1. The molecule has 4 rings (SSSR count). The van der Waals surface area contributed by atoms with Crippen molar-refractivity contribution in [3.8, 4) is 0 Å². The quantitative estimate of drug-likeness (QED) is 0.451. The minimum Gasteiger partial charge on any atom is -0.352 e. The lowest BCUT2D eigenvalue weighted by molar-refractivity contribution is 0.603. The highest BCUT2D eigenvalue weighted by Gasteiger charge is 2.22. The lowest BCUT2D eigenvalue weighted by atomic mass is 10.0. The van der Waals surface area contributed by atoms with E-state index in [1.54, 1.807) is 6.20 Å². The molecule has 0 saturated heterocycles. The van der Waals surface area contributed by atoms with Gasteiger partial charge in [0.25, 0.3) is 0 Å². The average molecular weight is 411 g/mol. The molecule has 0 spiro atoms. The SMILES string of the molecule is Cc1c(N2CCc3ncc(Nc4cc(F)ccc4F)cc3C2)nn(C=N)c(=N)c1C.[HH]. The maximum Gasteiger partial charge on any atom is 0.153 e. The summed E-state index contributed by atoms with van der Waals surface area (Å²) in [5.74, 6) is -0.352. The average Bonchev–Trinajstić information content (AvgIpc) is 2.74. The van der Waals surface area contributed by atoms with Crippen molar-refractivity contribution in [1.82, 2.24) is 14.8 Å². The van der Waals surface area contributed by atoms with Crippen molar-refractivity contribution in [2.75, 3.05) is 16.8 Å². The van der Waals surface area contributed by atoms with Gasteiger partial charge in [0.05, 0.1) is 17.6 Å². The number of hydrogen-bond donors (Lipinski definition) is 3. The van der Waals surface area contributed by atoms with Crippen molar-refractivity contribution in [3.05, 3.63) is 70.0 Å². The molecule has 156 valence electrons. The molecule has 1 aromatic carbocycles. The first-order valence-electron chi connectivity index (χ1n) is 9.47. The number of benzene rings is 1. The Labute approximate surface area is 173 Å². The third-order valence-corrected chi connectivity index (χ3v) is 5.35. The molecule has 2 aromatic heterocycles. The minimum absolute atomic E-state index is 0. The van der Waals surface area contributed by atoms with E-state index in [2.05, 4.69) is 20.3 Å². The van der Waals surface area contributed by atoms with Crippen molar-refractivity contribution in [2.45, 2.75) is 26.8 Å². The van der Waals surface area contributed by atoms with E-state index in [1.165, 1.54) is 4.68 Å². The van der Waals surface area contributed by atoms with Crippen LogP contribution in [-0.2, 0) is 13.0 Å². The van der Waals surface area contributed by atoms with E-state index in [-0.39, 0.29) is 12.6 Å². The van der Waals surface area contributed by atoms with Gasteiger partial charge in [-0.2, -0.15) is 0 Å². The van der Waals surface area contributed by atoms with E-state index in [4.69, 9.17) is 10.8 Å². The number of pyridine rings is 1. The van der Waals surface area contributed by atoms with Crippen molar-refractivity contribution in [1.29, 1.82) is 10.8 Å². The van der Waals surface area contributed by atoms with E-state index in [9.17, 15) is 8.78 Å². The molecule has 0 radical (unpaired) electrons. The highest BCUT2D eigenvalue weighted by atomic mass is 19.1. The fourth-order valence-corrected chi connectivity index (χ4v) is 3.56. The zero-order valence-corrected chi connectivity index (χ0v) is 16.6. The maximum absolute atomic E-state index is 14.0. The van der Waals surface area contributed by atoms with Gasteiger partial charge >= 0.3 is 0 Å². The molecule has 9 heteroatoms. The summed E-state index contributed by atoms with van der Waals surface area (Å²) in [7, 11) is 0. The molecule has 0 aliphatic carbocycles. The van der Waals surface area contributed by atoms with Crippen molar-refractivity contribution in [3.63, 3.8) is 0 Å². The predicted octanol–water partition coefficient (Wildman–Crippen LogP) is 3.66. The standard InChI is InChI=1S/C21H21F2N7.H2/c1-12-13(2)21(28-30(11-24)20(12)25)29-6-5-18-14(10-29)7-16(9-26-18)27-19-8-15(22)3-4-17(19)23;/h3-4,7-9,11,24-25,27H,5-6,10H2,1-2H3;1H. The van der Waals surface area contributed by atoms with Crippen LogP contribution in [0.4, 0.5) is 26.0 Å². The van der Waals surface area contributed by atoms with E-state index in [0.717, 1.165) is 46.9 Å². The van der Waals surface area contributed by atoms with E-state index >= 15 is 0 Å². The molecule has 30 heavy (non-hydrogen) atoms. The number of halogens is 2. The molecule has 0 amide bonds. The van der Waals surface area contributed by atoms with Crippen LogP contribution in [0.1, 0.15) is 23.8 Å². The highest BCUT2D eigenvalue weighted by Crippen LogP contribution is 2.28. The molecule has 1 aliphatic rings. The third kappa shape index (κ3) is 3.54.